The lowest BCUT2D eigenvalue weighted by Crippen LogP contribution is -2.60. The summed E-state index contributed by atoms with van der Waals surface area (Å²) in [6, 6.07) is 13.1. The third-order valence-electron chi connectivity index (χ3n) is 9.42. The van der Waals surface area contributed by atoms with E-state index in [0.29, 0.717) is 11.1 Å². The van der Waals surface area contributed by atoms with Crippen LogP contribution in [0.3, 0.4) is 0 Å². The number of amides is 4. The van der Waals surface area contributed by atoms with Gasteiger partial charge in [0.1, 0.15) is 5.82 Å². The van der Waals surface area contributed by atoms with E-state index in [0.717, 1.165) is 21.9 Å². The van der Waals surface area contributed by atoms with Gasteiger partial charge in [-0.05, 0) is 72.2 Å². The van der Waals surface area contributed by atoms with Crippen molar-refractivity contribution in [1.82, 2.24) is 4.90 Å². The van der Waals surface area contributed by atoms with E-state index in [1.54, 1.807) is 6.07 Å². The van der Waals surface area contributed by atoms with Crippen LogP contribution in [0.1, 0.15) is 29.2 Å². The van der Waals surface area contributed by atoms with Gasteiger partial charge in [-0.15, -0.1) is 34.5 Å². The number of allylic oxidation sites excluding steroid dienone is 2. The van der Waals surface area contributed by atoms with Crippen LogP contribution in [0.2, 0.25) is 0 Å². The van der Waals surface area contributed by atoms with E-state index in [1.807, 2.05) is 23.6 Å². The molecule has 1 aromatic heterocycles. The van der Waals surface area contributed by atoms with Crippen molar-refractivity contribution in [3.05, 3.63) is 87.9 Å². The zero-order valence-corrected chi connectivity index (χ0v) is 25.5. The summed E-state index contributed by atoms with van der Waals surface area (Å²) < 4.78 is 19.0. The molecule has 6 atom stereocenters. The van der Waals surface area contributed by atoms with Gasteiger partial charge in [0.2, 0.25) is 11.8 Å². The largest absolute Gasteiger partial charge is 0.504 e. The number of phenolic OH excluding ortho intramolecular Hbond substituents is 1. The molecule has 4 aliphatic rings. The second-order valence-corrected chi connectivity index (χ2v) is 13.8. The molecular weight excluding hydrogens is 630 g/mol. The summed E-state index contributed by atoms with van der Waals surface area (Å²) in [5, 5.41) is 12.6. The molecule has 3 fully saturated rings. The molecule has 12 heteroatoms. The van der Waals surface area contributed by atoms with Gasteiger partial charge in [0.05, 0.1) is 31.2 Å². The van der Waals surface area contributed by atoms with Crippen molar-refractivity contribution in [1.29, 1.82) is 0 Å². The van der Waals surface area contributed by atoms with Gasteiger partial charge in [0.15, 0.2) is 21.2 Å². The Labute approximate surface area is 265 Å². The van der Waals surface area contributed by atoms with E-state index in [-0.39, 0.29) is 48.4 Å². The van der Waals surface area contributed by atoms with Gasteiger partial charge in [-0.25, -0.2) is 9.29 Å². The lowest BCUT2D eigenvalue weighted by atomic mass is 9.56. The Hall–Kier alpha value is -3.73. The molecule has 6 unspecified atom stereocenters. The summed E-state index contributed by atoms with van der Waals surface area (Å²) in [7, 11) is 1.40. The summed E-state index contributed by atoms with van der Waals surface area (Å²) in [6.07, 6.45) is 1.88. The first-order valence-electron chi connectivity index (χ1n) is 14.0. The van der Waals surface area contributed by atoms with Crippen molar-refractivity contribution >= 4 is 63.9 Å². The highest BCUT2D eigenvalue weighted by atomic mass is 35.5. The van der Waals surface area contributed by atoms with Crippen molar-refractivity contribution in [3.63, 3.8) is 0 Å². The Kier molecular flexibility index (Phi) is 6.69. The number of carbonyl (C=O) groups excluding carboxylic acids is 4. The number of rotatable bonds is 5. The number of hydrogen-bond acceptors (Lipinski definition) is 7. The molecule has 8 nitrogen and oxygen atoms in total. The van der Waals surface area contributed by atoms with Crippen LogP contribution in [0.15, 0.2) is 71.6 Å². The number of imide groups is 2. The number of hydrogen-bond donors (Lipinski definition) is 1. The van der Waals surface area contributed by atoms with Crippen LogP contribution in [0.25, 0.3) is 0 Å². The van der Waals surface area contributed by atoms with Crippen LogP contribution in [-0.4, -0.2) is 50.5 Å². The molecule has 2 aliphatic carbocycles. The number of aromatic hydroxyl groups is 1. The maximum absolute atomic E-state index is 14.4. The quantitative estimate of drug-likeness (QED) is 0.226. The average Bonchev–Trinajstić information content (AvgIpc) is 3.64. The molecule has 3 aromatic rings. The van der Waals surface area contributed by atoms with Crippen molar-refractivity contribution in [2.24, 2.45) is 17.8 Å². The van der Waals surface area contributed by atoms with E-state index in [1.165, 1.54) is 47.6 Å². The van der Waals surface area contributed by atoms with Gasteiger partial charge in [-0.2, -0.15) is 0 Å². The highest BCUT2D eigenvalue weighted by Gasteiger charge is 2.76. The maximum atomic E-state index is 14.4. The first kappa shape index (κ1) is 29.0. The molecular formula is C32H25Cl2FN2O6S. The van der Waals surface area contributed by atoms with E-state index in [2.05, 4.69) is 0 Å². The number of alkyl halides is 2. The Morgan fingerprint density at radius 3 is 2.43 bits per heavy atom. The first-order chi connectivity index (χ1) is 21.0. The Morgan fingerprint density at radius 2 is 1.77 bits per heavy atom. The molecule has 3 heterocycles. The smallest absolute Gasteiger partial charge is 0.258 e. The second kappa shape index (κ2) is 10.2. The predicted molar refractivity (Wildman–Crippen MR) is 161 cm³/mol. The molecule has 1 N–H and O–H groups in total. The number of carbonyl (C=O) groups is 4. The predicted octanol–water partition coefficient (Wildman–Crippen LogP) is 5.37. The summed E-state index contributed by atoms with van der Waals surface area (Å²) in [5.41, 5.74) is 1.08. The Morgan fingerprint density at radius 1 is 1.02 bits per heavy atom. The van der Waals surface area contributed by atoms with E-state index in [9.17, 15) is 28.7 Å². The number of benzene rings is 2. The van der Waals surface area contributed by atoms with Gasteiger partial charge < -0.3 is 9.84 Å². The Bertz CT molecular complexity index is 1760. The van der Waals surface area contributed by atoms with Crippen molar-refractivity contribution < 1.29 is 33.4 Å². The van der Waals surface area contributed by atoms with Gasteiger partial charge in [0, 0.05) is 10.8 Å². The molecule has 7 rings (SSSR count). The van der Waals surface area contributed by atoms with Crippen LogP contribution >= 0.6 is 34.5 Å². The van der Waals surface area contributed by atoms with Crippen LogP contribution in [-0.2, 0) is 25.7 Å². The number of anilines is 1. The molecule has 0 spiro atoms. The Balaban J connectivity index is 1.38. The minimum absolute atomic E-state index is 0.0937. The molecule has 2 aliphatic heterocycles. The van der Waals surface area contributed by atoms with Crippen molar-refractivity contribution in [2.45, 2.75) is 35.1 Å². The van der Waals surface area contributed by atoms with E-state index >= 15 is 0 Å². The number of fused-ring (bicyclic) bond motifs is 4. The maximum Gasteiger partial charge on any atom is 0.258 e. The second-order valence-electron chi connectivity index (χ2n) is 11.5. The number of likely N-dealkylation sites (tertiary alicyclic amines) is 1. The molecule has 2 saturated heterocycles. The summed E-state index contributed by atoms with van der Waals surface area (Å²) in [5.74, 6) is -6.12. The standard InChI is InChI=1S/C32H25Cl2FN2O6S/c1-43-24-11-4-16(13-23(24)38)26-20-9-10-21-25(28(40)36(27(21)39)15-19-3-2-12-44-19)22(20)14-31(33)29(41)37(30(42)32(26,31)34)18-7-5-17(35)6-8-18/h2-9,11-13,21-22,25-26,38H,10,14-15H2,1H3. The molecule has 4 amide bonds. The summed E-state index contributed by atoms with van der Waals surface area (Å²) >= 11 is 16.1. The third kappa shape index (κ3) is 3.87. The molecule has 226 valence electrons. The minimum atomic E-state index is -2.08. The zero-order valence-electron chi connectivity index (χ0n) is 23.2. The normalized spacial score (nSPS) is 31.1. The molecule has 1 saturated carbocycles. The monoisotopic (exact) mass is 654 g/mol. The molecule has 44 heavy (non-hydrogen) atoms. The first-order valence-corrected chi connectivity index (χ1v) is 15.6. The number of methoxy groups -OCH3 is 1. The van der Waals surface area contributed by atoms with E-state index in [4.69, 9.17) is 27.9 Å². The highest BCUT2D eigenvalue weighted by molar-refractivity contribution is 7.09. The van der Waals surface area contributed by atoms with Gasteiger partial charge in [-0.3, -0.25) is 24.1 Å². The summed E-state index contributed by atoms with van der Waals surface area (Å²) in [6.45, 7) is 0.140. The molecule has 2 aromatic carbocycles. The van der Waals surface area contributed by atoms with Gasteiger partial charge >= 0.3 is 0 Å². The van der Waals surface area contributed by atoms with Crippen LogP contribution in [0.4, 0.5) is 10.1 Å². The average molecular weight is 656 g/mol. The highest BCUT2D eigenvalue weighted by Crippen LogP contribution is 2.66. The van der Waals surface area contributed by atoms with Crippen molar-refractivity contribution in [2.75, 3.05) is 12.0 Å². The van der Waals surface area contributed by atoms with Crippen LogP contribution in [0.5, 0.6) is 11.5 Å². The number of nitrogens with zero attached hydrogens (tertiary/aromatic N) is 2. The fourth-order valence-electron chi connectivity index (χ4n) is 7.44. The SMILES string of the molecule is COc1ccc(C2C3=CCC4C(=O)N(Cc5cccs5)C(=O)C4C3CC3(Cl)C(=O)N(c4ccc(F)cc4)C(=O)C23Cl)cc1O. The number of thiophene rings is 1. The van der Waals surface area contributed by atoms with Crippen molar-refractivity contribution in [3.8, 4) is 11.5 Å². The minimum Gasteiger partial charge on any atom is -0.504 e. The number of phenols is 1. The fraction of sp³-hybridized carbons (Fsp3) is 0.312. The zero-order chi connectivity index (χ0) is 31.1. The molecule has 0 radical (unpaired) electrons. The third-order valence-corrected chi connectivity index (χ3v) is 11.7. The topological polar surface area (TPSA) is 104 Å². The van der Waals surface area contributed by atoms with Gasteiger partial charge in [0.25, 0.3) is 11.8 Å². The number of halogens is 3. The fourth-order valence-corrected chi connectivity index (χ4v) is 9.07. The lowest BCUT2D eigenvalue weighted by molar-refractivity contribution is -0.141. The van der Waals surface area contributed by atoms with Gasteiger partial charge in [-0.1, -0.05) is 23.8 Å². The number of ether oxygens (including phenoxy) is 1. The lowest BCUT2D eigenvalue weighted by Gasteiger charge is -2.50. The van der Waals surface area contributed by atoms with Crippen LogP contribution in [0, 0.1) is 23.6 Å². The van der Waals surface area contributed by atoms with E-state index < -0.39 is 51.1 Å². The summed E-state index contributed by atoms with van der Waals surface area (Å²) in [4.78, 5) is 55.0. The molecule has 0 bridgehead atoms. The van der Waals surface area contributed by atoms with Crippen LogP contribution < -0.4 is 9.64 Å².